The molecule has 0 bridgehead atoms. The summed E-state index contributed by atoms with van der Waals surface area (Å²) in [6.07, 6.45) is 0. The first-order valence-corrected chi connectivity index (χ1v) is 7.67. The van der Waals surface area contributed by atoms with Gasteiger partial charge in [-0.2, -0.15) is 4.31 Å². The molecule has 0 saturated heterocycles. The van der Waals surface area contributed by atoms with Gasteiger partial charge in [-0.25, -0.2) is 12.8 Å². The number of halogens is 1. The number of hydrogen-bond acceptors (Lipinski definition) is 4. The Labute approximate surface area is 119 Å². The van der Waals surface area contributed by atoms with Gasteiger partial charge in [0.15, 0.2) is 0 Å². The monoisotopic (exact) mass is 304 g/mol. The van der Waals surface area contributed by atoms with Gasteiger partial charge in [0.1, 0.15) is 5.82 Å². The molecule has 0 radical (unpaired) electrons. The van der Waals surface area contributed by atoms with Crippen molar-refractivity contribution in [1.29, 1.82) is 0 Å². The maximum absolute atomic E-state index is 13.9. The normalized spacial score (nSPS) is 12.1. The molecule has 1 N–H and O–H groups in total. The number of rotatable bonds is 7. The SMILES string of the molecule is CNCc1cc(S(=O)(=O)N(C)CCOC)cc(C)c1F. The third kappa shape index (κ3) is 3.76. The van der Waals surface area contributed by atoms with E-state index in [1.807, 2.05) is 0 Å². The van der Waals surface area contributed by atoms with E-state index < -0.39 is 10.0 Å². The molecule has 0 saturated carbocycles. The van der Waals surface area contributed by atoms with Crippen LogP contribution < -0.4 is 5.32 Å². The summed E-state index contributed by atoms with van der Waals surface area (Å²) >= 11 is 0. The number of hydrogen-bond donors (Lipinski definition) is 1. The van der Waals surface area contributed by atoms with E-state index in [4.69, 9.17) is 4.74 Å². The predicted molar refractivity (Wildman–Crippen MR) is 75.6 cm³/mol. The summed E-state index contributed by atoms with van der Waals surface area (Å²) in [6, 6.07) is 2.73. The van der Waals surface area contributed by atoms with Gasteiger partial charge in [-0.1, -0.05) is 0 Å². The summed E-state index contributed by atoms with van der Waals surface area (Å²) in [5.74, 6) is -0.377. The second-order valence-electron chi connectivity index (χ2n) is 4.56. The Balaban J connectivity index is 3.18. The van der Waals surface area contributed by atoms with Gasteiger partial charge in [-0.15, -0.1) is 0 Å². The lowest BCUT2D eigenvalue weighted by molar-refractivity contribution is 0.185. The summed E-state index contributed by atoms with van der Waals surface area (Å²) in [5, 5.41) is 2.83. The summed E-state index contributed by atoms with van der Waals surface area (Å²) in [5.41, 5.74) is 0.655. The van der Waals surface area contributed by atoms with Crippen molar-refractivity contribution in [2.75, 3.05) is 34.4 Å². The van der Waals surface area contributed by atoms with Crippen LogP contribution in [0.5, 0.6) is 0 Å². The maximum atomic E-state index is 13.9. The zero-order valence-electron chi connectivity index (χ0n) is 12.2. The minimum absolute atomic E-state index is 0.0975. The molecule has 0 aliphatic heterocycles. The molecule has 5 nitrogen and oxygen atoms in total. The molecule has 0 fully saturated rings. The molecule has 7 heteroatoms. The Bertz CT molecular complexity index is 561. The van der Waals surface area contributed by atoms with E-state index in [2.05, 4.69) is 5.32 Å². The Morgan fingerprint density at radius 3 is 2.60 bits per heavy atom. The van der Waals surface area contributed by atoms with Crippen molar-refractivity contribution in [2.45, 2.75) is 18.4 Å². The molecule has 0 aliphatic carbocycles. The highest BCUT2D eigenvalue weighted by molar-refractivity contribution is 7.89. The fraction of sp³-hybridized carbons (Fsp3) is 0.538. The quantitative estimate of drug-likeness (QED) is 0.820. The molecular weight excluding hydrogens is 283 g/mol. The van der Waals surface area contributed by atoms with E-state index >= 15 is 0 Å². The molecule has 0 atom stereocenters. The van der Waals surface area contributed by atoms with Crippen molar-refractivity contribution in [1.82, 2.24) is 9.62 Å². The first-order chi connectivity index (χ1) is 9.34. The highest BCUT2D eigenvalue weighted by Crippen LogP contribution is 2.21. The van der Waals surface area contributed by atoms with E-state index in [0.29, 0.717) is 17.7 Å². The van der Waals surface area contributed by atoms with E-state index in [-0.39, 0.29) is 23.8 Å². The fourth-order valence-corrected chi connectivity index (χ4v) is 3.09. The third-order valence-electron chi connectivity index (χ3n) is 2.99. The molecule has 0 unspecified atom stereocenters. The van der Waals surface area contributed by atoms with Crippen LogP contribution in [-0.2, 0) is 21.3 Å². The number of nitrogens with one attached hydrogen (secondary N) is 1. The van der Waals surface area contributed by atoms with Gasteiger partial charge in [0, 0.05) is 32.8 Å². The van der Waals surface area contributed by atoms with Crippen LogP contribution in [0.25, 0.3) is 0 Å². The van der Waals surface area contributed by atoms with Crippen LogP contribution in [0.15, 0.2) is 17.0 Å². The van der Waals surface area contributed by atoms with Gasteiger partial charge in [0.05, 0.1) is 11.5 Å². The Hall–Kier alpha value is -1.02. The van der Waals surface area contributed by atoms with Crippen LogP contribution in [0.1, 0.15) is 11.1 Å². The second-order valence-corrected chi connectivity index (χ2v) is 6.61. The van der Waals surface area contributed by atoms with E-state index in [1.165, 1.54) is 30.6 Å². The molecule has 1 rings (SSSR count). The van der Waals surface area contributed by atoms with Gasteiger partial charge in [-0.05, 0) is 31.7 Å². The minimum Gasteiger partial charge on any atom is -0.383 e. The van der Waals surface area contributed by atoms with Gasteiger partial charge in [0.2, 0.25) is 10.0 Å². The van der Waals surface area contributed by atoms with Crippen LogP contribution >= 0.6 is 0 Å². The molecule has 114 valence electrons. The standard InChI is InChI=1S/C13H21FN2O3S/c1-10-7-12(8-11(9-15-2)13(10)14)20(17,18)16(3)5-6-19-4/h7-8,15H,5-6,9H2,1-4H3. The molecular formula is C13H21FN2O3S. The van der Waals surface area contributed by atoms with Crippen molar-refractivity contribution < 1.29 is 17.5 Å². The van der Waals surface area contributed by atoms with Crippen molar-refractivity contribution in [2.24, 2.45) is 0 Å². The van der Waals surface area contributed by atoms with E-state index in [0.717, 1.165) is 0 Å². The average Bonchev–Trinajstić information content (AvgIpc) is 2.40. The molecule has 0 heterocycles. The molecule has 0 amide bonds. The fourth-order valence-electron chi connectivity index (χ4n) is 1.79. The number of nitrogens with zero attached hydrogens (tertiary/aromatic N) is 1. The lowest BCUT2D eigenvalue weighted by Gasteiger charge is -2.18. The molecule has 1 aromatic carbocycles. The van der Waals surface area contributed by atoms with Crippen molar-refractivity contribution in [3.8, 4) is 0 Å². The van der Waals surface area contributed by atoms with Crippen LogP contribution in [0, 0.1) is 12.7 Å². The van der Waals surface area contributed by atoms with Crippen molar-refractivity contribution >= 4 is 10.0 Å². The van der Waals surface area contributed by atoms with Crippen LogP contribution in [0.3, 0.4) is 0 Å². The lowest BCUT2D eigenvalue weighted by Crippen LogP contribution is -2.30. The highest BCUT2D eigenvalue weighted by atomic mass is 32.2. The van der Waals surface area contributed by atoms with Crippen LogP contribution in [0.2, 0.25) is 0 Å². The molecule has 1 aromatic rings. The Kier molecular flexibility index (Phi) is 6.07. The number of likely N-dealkylation sites (N-methyl/N-ethyl adjacent to an activating group) is 1. The number of sulfonamides is 1. The zero-order chi connectivity index (χ0) is 15.3. The van der Waals surface area contributed by atoms with Gasteiger partial charge >= 0.3 is 0 Å². The topological polar surface area (TPSA) is 58.6 Å². The zero-order valence-corrected chi connectivity index (χ0v) is 13.1. The molecule has 0 aliphatic rings. The number of ether oxygens (including phenoxy) is 1. The molecule has 0 spiro atoms. The first kappa shape index (κ1) is 17.0. The average molecular weight is 304 g/mol. The van der Waals surface area contributed by atoms with Gasteiger partial charge in [0.25, 0.3) is 0 Å². The first-order valence-electron chi connectivity index (χ1n) is 6.23. The molecule has 20 heavy (non-hydrogen) atoms. The van der Waals surface area contributed by atoms with Crippen LogP contribution in [-0.4, -0.2) is 47.1 Å². The summed E-state index contributed by atoms with van der Waals surface area (Å²) in [7, 11) is 1.03. The van der Waals surface area contributed by atoms with Crippen molar-refractivity contribution in [3.05, 3.63) is 29.1 Å². The Morgan fingerprint density at radius 1 is 1.40 bits per heavy atom. The number of aryl methyl sites for hydroxylation is 1. The van der Waals surface area contributed by atoms with Crippen LogP contribution in [0.4, 0.5) is 4.39 Å². The largest absolute Gasteiger partial charge is 0.383 e. The lowest BCUT2D eigenvalue weighted by atomic mass is 10.1. The summed E-state index contributed by atoms with van der Waals surface area (Å²) in [4.78, 5) is 0.0975. The predicted octanol–water partition coefficient (Wildman–Crippen LogP) is 1.12. The highest BCUT2D eigenvalue weighted by Gasteiger charge is 2.22. The van der Waals surface area contributed by atoms with E-state index in [1.54, 1.807) is 14.0 Å². The van der Waals surface area contributed by atoms with Gasteiger partial charge in [-0.3, -0.25) is 0 Å². The van der Waals surface area contributed by atoms with E-state index in [9.17, 15) is 12.8 Å². The third-order valence-corrected chi connectivity index (χ3v) is 4.82. The smallest absolute Gasteiger partial charge is 0.242 e. The summed E-state index contributed by atoms with van der Waals surface area (Å²) in [6.45, 7) is 2.39. The second kappa shape index (κ2) is 7.12. The maximum Gasteiger partial charge on any atom is 0.242 e. The number of benzene rings is 1. The van der Waals surface area contributed by atoms with Gasteiger partial charge < -0.3 is 10.1 Å². The minimum atomic E-state index is -3.63. The summed E-state index contributed by atoms with van der Waals surface area (Å²) < 4.78 is 44.7. The Morgan fingerprint density at radius 2 is 2.05 bits per heavy atom. The number of methoxy groups -OCH3 is 1. The molecule has 0 aromatic heterocycles. The van der Waals surface area contributed by atoms with Crippen molar-refractivity contribution in [3.63, 3.8) is 0 Å².